The van der Waals surface area contributed by atoms with Crippen molar-refractivity contribution in [3.8, 4) is 0 Å². The Hall–Kier alpha value is -0.120. The van der Waals surface area contributed by atoms with Crippen LogP contribution in [0.1, 0.15) is 19.8 Å². The number of hydrogen-bond donors (Lipinski definition) is 3. The molecule has 0 aliphatic heterocycles. The van der Waals surface area contributed by atoms with E-state index in [4.69, 9.17) is 10.2 Å². The molecule has 0 saturated carbocycles. The predicted molar refractivity (Wildman–Crippen MR) is 31.1 cm³/mol. The van der Waals surface area contributed by atoms with Crippen LogP contribution in [0.25, 0.3) is 0 Å². The molecule has 50 valence electrons. The molecule has 0 aliphatic carbocycles. The third kappa shape index (κ3) is 4.05. The summed E-state index contributed by atoms with van der Waals surface area (Å²) in [7, 11) is 0. The molecule has 0 aliphatic rings. The fourth-order valence-corrected chi connectivity index (χ4v) is 0.481. The first kappa shape index (κ1) is 7.88. The van der Waals surface area contributed by atoms with Gasteiger partial charge in [-0.3, -0.25) is 5.32 Å². The van der Waals surface area contributed by atoms with Gasteiger partial charge in [-0.1, -0.05) is 13.3 Å². The van der Waals surface area contributed by atoms with E-state index >= 15 is 0 Å². The fourth-order valence-electron chi connectivity index (χ4n) is 0.481. The van der Waals surface area contributed by atoms with Gasteiger partial charge in [0.2, 0.25) is 0 Å². The predicted octanol–water partition coefficient (Wildman–Crippen LogP) is -0.356. The minimum absolute atomic E-state index is 0.152. The summed E-state index contributed by atoms with van der Waals surface area (Å²) in [5.74, 6) is 0. The van der Waals surface area contributed by atoms with E-state index in [2.05, 4.69) is 5.32 Å². The van der Waals surface area contributed by atoms with Crippen LogP contribution in [-0.2, 0) is 0 Å². The highest BCUT2D eigenvalue weighted by molar-refractivity contribution is 4.45. The fraction of sp³-hybridized carbons (Fsp3) is 1.00. The average Bonchev–Trinajstić information content (AvgIpc) is 1.68. The normalized spacial score (nSPS) is 13.9. The Balaban J connectivity index is 2.92. The molecular weight excluding hydrogens is 106 g/mol. The molecule has 0 spiro atoms. The zero-order chi connectivity index (χ0) is 6.41. The molecule has 0 rings (SSSR count). The lowest BCUT2D eigenvalue weighted by molar-refractivity contribution is 0.0900. The van der Waals surface area contributed by atoms with E-state index in [0.29, 0.717) is 6.42 Å². The van der Waals surface area contributed by atoms with Crippen LogP contribution in [0.2, 0.25) is 0 Å². The maximum Gasteiger partial charge on any atom is 0.106 e. The van der Waals surface area contributed by atoms with Crippen molar-refractivity contribution in [2.75, 3.05) is 6.73 Å². The Morgan fingerprint density at radius 3 is 2.62 bits per heavy atom. The summed E-state index contributed by atoms with van der Waals surface area (Å²) in [5, 5.41) is 19.4. The second-order valence-electron chi connectivity index (χ2n) is 1.67. The minimum atomic E-state index is -0.537. The van der Waals surface area contributed by atoms with E-state index in [1.165, 1.54) is 0 Å². The Bertz CT molecular complexity index is 43.7. The molecule has 0 radical (unpaired) electrons. The van der Waals surface area contributed by atoms with Crippen molar-refractivity contribution in [1.82, 2.24) is 5.32 Å². The molecule has 0 saturated heterocycles. The van der Waals surface area contributed by atoms with E-state index in [1.54, 1.807) is 0 Å². The van der Waals surface area contributed by atoms with Crippen LogP contribution >= 0.6 is 0 Å². The summed E-state index contributed by atoms with van der Waals surface area (Å²) in [4.78, 5) is 0. The standard InChI is InChI=1S/C5H13NO2/c1-2-3-5(8)6-4-7/h5-8H,2-4H2,1H3. The number of aliphatic hydroxyl groups excluding tert-OH is 2. The maximum absolute atomic E-state index is 8.78. The zero-order valence-corrected chi connectivity index (χ0v) is 5.09. The first-order valence-electron chi connectivity index (χ1n) is 2.83. The Morgan fingerprint density at radius 1 is 1.62 bits per heavy atom. The lowest BCUT2D eigenvalue weighted by atomic mass is 10.3. The molecule has 0 aromatic carbocycles. The van der Waals surface area contributed by atoms with Crippen LogP contribution in [0.5, 0.6) is 0 Å². The van der Waals surface area contributed by atoms with Crippen LogP contribution in [0.15, 0.2) is 0 Å². The number of aliphatic hydroxyl groups is 2. The van der Waals surface area contributed by atoms with Crippen LogP contribution in [0, 0.1) is 0 Å². The molecule has 1 atom stereocenters. The number of nitrogens with one attached hydrogen (secondary N) is 1. The van der Waals surface area contributed by atoms with Gasteiger partial charge in [0.15, 0.2) is 0 Å². The summed E-state index contributed by atoms with van der Waals surface area (Å²) < 4.78 is 0. The molecule has 8 heavy (non-hydrogen) atoms. The summed E-state index contributed by atoms with van der Waals surface area (Å²) in [6.07, 6.45) is 1.08. The molecular formula is C5H13NO2. The molecule has 0 heterocycles. The molecule has 0 amide bonds. The van der Waals surface area contributed by atoms with Crippen molar-refractivity contribution in [1.29, 1.82) is 0 Å². The summed E-state index contributed by atoms with van der Waals surface area (Å²) in [5.41, 5.74) is 0. The van der Waals surface area contributed by atoms with Crippen molar-refractivity contribution in [3.63, 3.8) is 0 Å². The third-order valence-electron chi connectivity index (χ3n) is 0.889. The summed E-state index contributed by atoms with van der Waals surface area (Å²) >= 11 is 0. The molecule has 1 unspecified atom stereocenters. The molecule has 0 bridgehead atoms. The lowest BCUT2D eigenvalue weighted by Gasteiger charge is -2.07. The van der Waals surface area contributed by atoms with E-state index in [1.807, 2.05) is 6.92 Å². The minimum Gasteiger partial charge on any atom is -0.381 e. The quantitative estimate of drug-likeness (QED) is 0.443. The van der Waals surface area contributed by atoms with Gasteiger partial charge in [0.25, 0.3) is 0 Å². The van der Waals surface area contributed by atoms with Gasteiger partial charge in [0.05, 0.1) is 6.73 Å². The molecule has 3 heteroatoms. The summed E-state index contributed by atoms with van der Waals surface area (Å²) in [6.45, 7) is 1.82. The van der Waals surface area contributed by atoms with Crippen molar-refractivity contribution in [2.45, 2.75) is 26.0 Å². The second-order valence-corrected chi connectivity index (χ2v) is 1.67. The SMILES string of the molecule is CCCC(O)NCO. The zero-order valence-electron chi connectivity index (χ0n) is 5.09. The third-order valence-corrected chi connectivity index (χ3v) is 0.889. The van der Waals surface area contributed by atoms with E-state index < -0.39 is 6.23 Å². The van der Waals surface area contributed by atoms with E-state index in [-0.39, 0.29) is 6.73 Å². The van der Waals surface area contributed by atoms with Crippen molar-refractivity contribution >= 4 is 0 Å². The average molecular weight is 119 g/mol. The van der Waals surface area contributed by atoms with E-state index in [9.17, 15) is 0 Å². The molecule has 0 aromatic rings. The molecule has 0 fully saturated rings. The maximum atomic E-state index is 8.78. The lowest BCUT2D eigenvalue weighted by Crippen LogP contribution is -2.28. The van der Waals surface area contributed by atoms with Crippen molar-refractivity contribution < 1.29 is 10.2 Å². The van der Waals surface area contributed by atoms with Gasteiger partial charge < -0.3 is 10.2 Å². The van der Waals surface area contributed by atoms with Gasteiger partial charge in [0.1, 0.15) is 6.23 Å². The first-order valence-corrected chi connectivity index (χ1v) is 2.83. The van der Waals surface area contributed by atoms with Crippen LogP contribution in [-0.4, -0.2) is 23.2 Å². The first-order chi connectivity index (χ1) is 3.81. The van der Waals surface area contributed by atoms with Gasteiger partial charge in [-0.25, -0.2) is 0 Å². The van der Waals surface area contributed by atoms with Crippen molar-refractivity contribution in [2.24, 2.45) is 0 Å². The van der Waals surface area contributed by atoms with Crippen LogP contribution in [0.3, 0.4) is 0 Å². The molecule has 3 N–H and O–H groups in total. The monoisotopic (exact) mass is 119 g/mol. The van der Waals surface area contributed by atoms with Crippen LogP contribution in [0.4, 0.5) is 0 Å². The van der Waals surface area contributed by atoms with Gasteiger partial charge >= 0.3 is 0 Å². The number of rotatable bonds is 4. The highest BCUT2D eigenvalue weighted by Gasteiger charge is 1.96. The summed E-state index contributed by atoms with van der Waals surface area (Å²) in [6, 6.07) is 0. The highest BCUT2D eigenvalue weighted by atomic mass is 16.3. The van der Waals surface area contributed by atoms with Gasteiger partial charge in [-0.05, 0) is 6.42 Å². The Kier molecular flexibility index (Phi) is 4.95. The van der Waals surface area contributed by atoms with Crippen LogP contribution < -0.4 is 5.32 Å². The highest BCUT2D eigenvalue weighted by Crippen LogP contribution is 1.89. The number of hydrogen-bond acceptors (Lipinski definition) is 3. The molecule has 3 nitrogen and oxygen atoms in total. The van der Waals surface area contributed by atoms with Gasteiger partial charge in [-0.15, -0.1) is 0 Å². The molecule has 0 aromatic heterocycles. The van der Waals surface area contributed by atoms with E-state index in [0.717, 1.165) is 6.42 Å². The second kappa shape index (κ2) is 5.03. The Morgan fingerprint density at radius 2 is 2.25 bits per heavy atom. The van der Waals surface area contributed by atoms with Gasteiger partial charge in [-0.2, -0.15) is 0 Å². The smallest absolute Gasteiger partial charge is 0.106 e. The largest absolute Gasteiger partial charge is 0.381 e. The van der Waals surface area contributed by atoms with Gasteiger partial charge in [0, 0.05) is 0 Å². The Labute approximate surface area is 49.3 Å². The topological polar surface area (TPSA) is 52.5 Å². The van der Waals surface area contributed by atoms with Crippen molar-refractivity contribution in [3.05, 3.63) is 0 Å².